The highest BCUT2D eigenvalue weighted by atomic mass is 16.2. The van der Waals surface area contributed by atoms with E-state index < -0.39 is 11.6 Å². The molecule has 178 valence electrons. The molecule has 4 aliphatic rings. The van der Waals surface area contributed by atoms with E-state index in [1.54, 1.807) is 6.92 Å². The fourth-order valence-electron chi connectivity index (χ4n) is 5.54. The summed E-state index contributed by atoms with van der Waals surface area (Å²) in [6, 6.07) is 5.59. The van der Waals surface area contributed by atoms with Gasteiger partial charge in [0.15, 0.2) is 0 Å². The van der Waals surface area contributed by atoms with Crippen LogP contribution >= 0.6 is 0 Å². The SMILES string of the molecule is CC1(C2CC2)NC(=O)N(CC(=O)N2CCCC(CN3CCN(c4ccccn4)CC3)C2)C1=O. The number of hydrogen-bond acceptors (Lipinski definition) is 6. The molecule has 0 bridgehead atoms. The zero-order valence-electron chi connectivity index (χ0n) is 19.4. The van der Waals surface area contributed by atoms with Crippen LogP contribution in [0.2, 0.25) is 0 Å². The van der Waals surface area contributed by atoms with Crippen LogP contribution in [0.15, 0.2) is 24.4 Å². The Kier molecular flexibility index (Phi) is 5.99. The number of nitrogens with zero attached hydrogens (tertiary/aromatic N) is 5. The second kappa shape index (κ2) is 8.93. The number of urea groups is 1. The van der Waals surface area contributed by atoms with Gasteiger partial charge in [0.1, 0.15) is 17.9 Å². The van der Waals surface area contributed by atoms with Gasteiger partial charge in [-0.1, -0.05) is 6.07 Å². The van der Waals surface area contributed by atoms with Crippen LogP contribution in [0.3, 0.4) is 0 Å². The van der Waals surface area contributed by atoms with E-state index in [1.165, 1.54) is 0 Å². The van der Waals surface area contributed by atoms with E-state index in [0.29, 0.717) is 19.0 Å². The lowest BCUT2D eigenvalue weighted by atomic mass is 9.96. The molecule has 1 aromatic rings. The third kappa shape index (κ3) is 4.55. The average Bonchev–Trinajstić information content (AvgIpc) is 3.66. The minimum atomic E-state index is -0.834. The quantitative estimate of drug-likeness (QED) is 0.649. The van der Waals surface area contributed by atoms with Crippen molar-refractivity contribution in [2.75, 3.05) is 57.3 Å². The number of piperidine rings is 1. The summed E-state index contributed by atoms with van der Waals surface area (Å²) >= 11 is 0. The first-order valence-corrected chi connectivity index (χ1v) is 12.2. The number of likely N-dealkylation sites (tertiary alicyclic amines) is 1. The number of anilines is 1. The summed E-state index contributed by atoms with van der Waals surface area (Å²) in [7, 11) is 0. The molecular formula is C24H34N6O3. The molecule has 0 aromatic carbocycles. The monoisotopic (exact) mass is 454 g/mol. The molecule has 5 rings (SSSR count). The van der Waals surface area contributed by atoms with Crippen molar-refractivity contribution in [1.82, 2.24) is 25.0 Å². The van der Waals surface area contributed by atoms with Crippen LogP contribution in [0.25, 0.3) is 0 Å². The number of carbonyl (C=O) groups excluding carboxylic acids is 3. The lowest BCUT2D eigenvalue weighted by Gasteiger charge is -2.39. The minimum absolute atomic E-state index is 0.122. The molecule has 9 heteroatoms. The largest absolute Gasteiger partial charge is 0.354 e. The molecule has 4 heterocycles. The van der Waals surface area contributed by atoms with Crippen molar-refractivity contribution in [1.29, 1.82) is 0 Å². The zero-order valence-corrected chi connectivity index (χ0v) is 19.4. The lowest BCUT2D eigenvalue weighted by molar-refractivity contribution is -0.140. The molecule has 4 fully saturated rings. The number of pyridine rings is 1. The van der Waals surface area contributed by atoms with Crippen molar-refractivity contribution in [2.45, 2.75) is 38.1 Å². The molecule has 4 amide bonds. The van der Waals surface area contributed by atoms with Crippen LogP contribution in [0.4, 0.5) is 10.6 Å². The van der Waals surface area contributed by atoms with E-state index in [-0.39, 0.29) is 24.3 Å². The fraction of sp³-hybridized carbons (Fsp3) is 0.667. The first kappa shape index (κ1) is 22.1. The Balaban J connectivity index is 1.11. The molecule has 33 heavy (non-hydrogen) atoms. The van der Waals surface area contributed by atoms with E-state index in [0.717, 1.165) is 69.1 Å². The van der Waals surface area contributed by atoms with Gasteiger partial charge in [-0.15, -0.1) is 0 Å². The number of nitrogens with one attached hydrogen (secondary N) is 1. The van der Waals surface area contributed by atoms with Gasteiger partial charge in [-0.3, -0.25) is 19.4 Å². The number of carbonyl (C=O) groups is 3. The first-order valence-electron chi connectivity index (χ1n) is 12.2. The topological polar surface area (TPSA) is 89.1 Å². The highest BCUT2D eigenvalue weighted by molar-refractivity contribution is 6.09. The van der Waals surface area contributed by atoms with Gasteiger partial charge in [0.05, 0.1) is 0 Å². The van der Waals surface area contributed by atoms with Gasteiger partial charge in [0.2, 0.25) is 5.91 Å². The van der Waals surface area contributed by atoms with Crippen LogP contribution < -0.4 is 10.2 Å². The molecule has 3 saturated heterocycles. The molecule has 2 atom stereocenters. The van der Waals surface area contributed by atoms with Gasteiger partial charge in [0.25, 0.3) is 5.91 Å². The van der Waals surface area contributed by atoms with E-state index in [1.807, 2.05) is 23.2 Å². The summed E-state index contributed by atoms with van der Waals surface area (Å²) < 4.78 is 0. The van der Waals surface area contributed by atoms with Crippen molar-refractivity contribution in [2.24, 2.45) is 11.8 Å². The van der Waals surface area contributed by atoms with Crippen LogP contribution in [-0.2, 0) is 9.59 Å². The number of imide groups is 1. The van der Waals surface area contributed by atoms with Crippen LogP contribution in [0.1, 0.15) is 32.6 Å². The minimum Gasteiger partial charge on any atom is -0.354 e. The Labute approximate surface area is 195 Å². The van der Waals surface area contributed by atoms with Gasteiger partial charge >= 0.3 is 6.03 Å². The Hall–Kier alpha value is -2.68. The van der Waals surface area contributed by atoms with Gasteiger partial charge in [0, 0.05) is 52.0 Å². The number of rotatable bonds is 6. The smallest absolute Gasteiger partial charge is 0.325 e. The highest BCUT2D eigenvalue weighted by Crippen LogP contribution is 2.42. The van der Waals surface area contributed by atoms with Gasteiger partial charge in [-0.05, 0) is 56.6 Å². The Morgan fingerprint density at radius 1 is 1.12 bits per heavy atom. The Bertz CT molecular complexity index is 899. The van der Waals surface area contributed by atoms with Gasteiger partial charge < -0.3 is 15.1 Å². The summed E-state index contributed by atoms with van der Waals surface area (Å²) in [6.07, 6.45) is 5.81. The summed E-state index contributed by atoms with van der Waals surface area (Å²) in [6.45, 7) is 7.91. The Morgan fingerprint density at radius 3 is 2.61 bits per heavy atom. The molecule has 1 aliphatic carbocycles. The second-order valence-electron chi connectivity index (χ2n) is 10.1. The van der Waals surface area contributed by atoms with Crippen LogP contribution in [0, 0.1) is 11.8 Å². The molecule has 0 radical (unpaired) electrons. The summed E-state index contributed by atoms with van der Waals surface area (Å²) in [5.74, 6) is 1.28. The van der Waals surface area contributed by atoms with Crippen LogP contribution in [-0.4, -0.2) is 95.4 Å². The molecule has 1 N–H and O–H groups in total. The third-order valence-corrected chi connectivity index (χ3v) is 7.72. The summed E-state index contributed by atoms with van der Waals surface area (Å²) in [5.41, 5.74) is -0.834. The maximum Gasteiger partial charge on any atom is 0.325 e. The number of aromatic nitrogens is 1. The second-order valence-corrected chi connectivity index (χ2v) is 10.1. The van der Waals surface area contributed by atoms with Gasteiger partial charge in [-0.2, -0.15) is 0 Å². The number of hydrogen-bond donors (Lipinski definition) is 1. The predicted octanol–water partition coefficient (Wildman–Crippen LogP) is 1.16. The number of amides is 4. The maximum atomic E-state index is 13.0. The van der Waals surface area contributed by atoms with Crippen molar-refractivity contribution >= 4 is 23.7 Å². The lowest BCUT2D eigenvalue weighted by Crippen LogP contribution is -2.51. The summed E-state index contributed by atoms with van der Waals surface area (Å²) in [4.78, 5) is 50.5. The standard InChI is InChI=1S/C24H34N6O3/c1-24(19-7-8-19)22(32)30(23(33)26-24)17-21(31)29-10-4-5-18(16-29)15-27-11-13-28(14-12-27)20-6-2-3-9-25-20/h2-3,6,9,18-19H,4-5,7-8,10-17H2,1H3,(H,26,33). The third-order valence-electron chi connectivity index (χ3n) is 7.72. The first-order chi connectivity index (χ1) is 15.9. The van der Waals surface area contributed by atoms with Crippen molar-refractivity contribution < 1.29 is 14.4 Å². The van der Waals surface area contributed by atoms with Crippen LogP contribution in [0.5, 0.6) is 0 Å². The Morgan fingerprint density at radius 2 is 1.91 bits per heavy atom. The fourth-order valence-corrected chi connectivity index (χ4v) is 5.54. The summed E-state index contributed by atoms with van der Waals surface area (Å²) in [5, 5.41) is 2.83. The van der Waals surface area contributed by atoms with Crippen molar-refractivity contribution in [3.63, 3.8) is 0 Å². The van der Waals surface area contributed by atoms with Gasteiger partial charge in [-0.25, -0.2) is 9.78 Å². The number of piperazine rings is 1. The van der Waals surface area contributed by atoms with E-state index >= 15 is 0 Å². The molecule has 0 spiro atoms. The zero-order chi connectivity index (χ0) is 23.0. The van der Waals surface area contributed by atoms with E-state index in [2.05, 4.69) is 26.2 Å². The maximum absolute atomic E-state index is 13.0. The average molecular weight is 455 g/mol. The van der Waals surface area contributed by atoms with Crippen molar-refractivity contribution in [3.05, 3.63) is 24.4 Å². The molecule has 9 nitrogen and oxygen atoms in total. The molecule has 2 unspecified atom stereocenters. The molecule has 3 aliphatic heterocycles. The normalized spacial score (nSPS) is 28.9. The molecule has 1 aromatic heterocycles. The predicted molar refractivity (Wildman–Crippen MR) is 124 cm³/mol. The molecule has 1 saturated carbocycles. The molecular weight excluding hydrogens is 420 g/mol. The highest BCUT2D eigenvalue weighted by Gasteiger charge is 2.56. The van der Waals surface area contributed by atoms with Crippen molar-refractivity contribution in [3.8, 4) is 0 Å². The van der Waals surface area contributed by atoms with E-state index in [9.17, 15) is 14.4 Å². The van der Waals surface area contributed by atoms with E-state index in [4.69, 9.17) is 0 Å².